The molecule has 0 N–H and O–H groups in total. The fourth-order valence-electron chi connectivity index (χ4n) is 2.90. The Hall–Kier alpha value is -2.34. The first kappa shape index (κ1) is 20.4. The molecule has 6 heteroatoms. The number of hydrogen-bond donors (Lipinski definition) is 0. The topological polar surface area (TPSA) is 46.6 Å². The standard InChI is InChI=1S/C22H22ClNO3S/c1-2-27-21-14-13-20(23)15-22(21)28(25,26)24(16-18-9-5-3-6-10-18)17-19-11-7-4-8-12-19/h3-15H,2,16-17H2,1H3. The minimum atomic E-state index is -3.85. The van der Waals surface area contributed by atoms with Crippen molar-refractivity contribution in [2.24, 2.45) is 0 Å². The van der Waals surface area contributed by atoms with Crippen LogP contribution in [0.25, 0.3) is 0 Å². The van der Waals surface area contributed by atoms with Gasteiger partial charge in [-0.05, 0) is 36.2 Å². The van der Waals surface area contributed by atoms with Gasteiger partial charge in [0.1, 0.15) is 10.6 Å². The number of sulfonamides is 1. The van der Waals surface area contributed by atoms with Crippen LogP contribution in [0.1, 0.15) is 18.1 Å². The van der Waals surface area contributed by atoms with Crippen LogP contribution < -0.4 is 4.74 Å². The fourth-order valence-corrected chi connectivity index (χ4v) is 4.71. The van der Waals surface area contributed by atoms with Crippen molar-refractivity contribution in [1.29, 1.82) is 0 Å². The summed E-state index contributed by atoms with van der Waals surface area (Å²) in [7, 11) is -3.85. The van der Waals surface area contributed by atoms with Crippen LogP contribution in [-0.4, -0.2) is 19.3 Å². The molecule has 0 heterocycles. The summed E-state index contributed by atoms with van der Waals surface area (Å²) in [5.41, 5.74) is 1.81. The van der Waals surface area contributed by atoms with Gasteiger partial charge < -0.3 is 4.74 Å². The molecular formula is C22H22ClNO3S. The molecule has 0 amide bonds. The van der Waals surface area contributed by atoms with Gasteiger partial charge in [0.2, 0.25) is 10.0 Å². The number of hydrogen-bond acceptors (Lipinski definition) is 3. The quantitative estimate of drug-likeness (QED) is 0.512. The van der Waals surface area contributed by atoms with Gasteiger partial charge in [-0.2, -0.15) is 4.31 Å². The molecule has 0 saturated heterocycles. The SMILES string of the molecule is CCOc1ccc(Cl)cc1S(=O)(=O)N(Cc1ccccc1)Cc1ccccc1. The van der Waals surface area contributed by atoms with E-state index in [1.54, 1.807) is 12.1 Å². The van der Waals surface area contributed by atoms with Gasteiger partial charge in [0.05, 0.1) is 6.61 Å². The zero-order valence-corrected chi connectivity index (χ0v) is 17.2. The van der Waals surface area contributed by atoms with Gasteiger partial charge in [-0.15, -0.1) is 0 Å². The second-order valence-electron chi connectivity index (χ2n) is 6.27. The number of halogens is 1. The van der Waals surface area contributed by atoms with Gasteiger partial charge in [0.15, 0.2) is 0 Å². The Kier molecular flexibility index (Phi) is 6.73. The second kappa shape index (κ2) is 9.24. The third-order valence-electron chi connectivity index (χ3n) is 4.23. The minimum Gasteiger partial charge on any atom is -0.492 e. The highest BCUT2D eigenvalue weighted by Gasteiger charge is 2.28. The monoisotopic (exact) mass is 415 g/mol. The second-order valence-corrected chi connectivity index (χ2v) is 8.61. The maximum Gasteiger partial charge on any atom is 0.247 e. The van der Waals surface area contributed by atoms with Gasteiger partial charge in [0, 0.05) is 18.1 Å². The van der Waals surface area contributed by atoms with Crippen LogP contribution in [0.5, 0.6) is 5.75 Å². The molecule has 146 valence electrons. The predicted octanol–water partition coefficient (Wildman–Crippen LogP) is 5.13. The summed E-state index contributed by atoms with van der Waals surface area (Å²) in [6, 6.07) is 23.7. The van der Waals surface area contributed by atoms with Crippen molar-refractivity contribution in [3.8, 4) is 5.75 Å². The van der Waals surface area contributed by atoms with Crippen molar-refractivity contribution < 1.29 is 13.2 Å². The van der Waals surface area contributed by atoms with E-state index < -0.39 is 10.0 Å². The first-order valence-corrected chi connectivity index (χ1v) is 10.8. The molecule has 3 aromatic carbocycles. The molecule has 0 spiro atoms. The normalized spacial score (nSPS) is 11.5. The minimum absolute atomic E-state index is 0.0775. The van der Waals surface area contributed by atoms with E-state index in [0.29, 0.717) is 17.4 Å². The number of nitrogens with zero attached hydrogens (tertiary/aromatic N) is 1. The predicted molar refractivity (Wildman–Crippen MR) is 112 cm³/mol. The molecule has 0 saturated carbocycles. The summed E-state index contributed by atoms with van der Waals surface area (Å²) < 4.78 is 34.2. The summed E-state index contributed by atoms with van der Waals surface area (Å²) in [6.07, 6.45) is 0. The van der Waals surface area contributed by atoms with Gasteiger partial charge in [0.25, 0.3) is 0 Å². The number of ether oxygens (including phenoxy) is 1. The third kappa shape index (κ3) is 4.93. The average molecular weight is 416 g/mol. The van der Waals surface area contributed by atoms with Gasteiger partial charge >= 0.3 is 0 Å². The molecule has 28 heavy (non-hydrogen) atoms. The highest BCUT2D eigenvalue weighted by molar-refractivity contribution is 7.89. The smallest absolute Gasteiger partial charge is 0.247 e. The Labute approximate surface area is 171 Å². The lowest BCUT2D eigenvalue weighted by molar-refractivity contribution is 0.328. The molecule has 0 unspecified atom stereocenters. The van der Waals surface area contributed by atoms with E-state index in [1.807, 2.05) is 67.6 Å². The Bertz CT molecular complexity index is 967. The van der Waals surface area contributed by atoms with Gasteiger partial charge in [-0.3, -0.25) is 0 Å². The van der Waals surface area contributed by atoms with Crippen molar-refractivity contribution in [1.82, 2.24) is 4.31 Å². The molecule has 4 nitrogen and oxygen atoms in total. The van der Waals surface area contributed by atoms with Crippen LogP contribution in [0.2, 0.25) is 5.02 Å². The first-order valence-electron chi connectivity index (χ1n) is 9.01. The maximum atomic E-state index is 13.6. The summed E-state index contributed by atoms with van der Waals surface area (Å²) in [5.74, 6) is 0.304. The zero-order chi connectivity index (χ0) is 20.0. The Morgan fingerprint density at radius 2 is 1.39 bits per heavy atom. The summed E-state index contributed by atoms with van der Waals surface area (Å²) in [5, 5.41) is 0.349. The molecule has 0 aliphatic carbocycles. The molecule has 0 aliphatic heterocycles. The maximum absolute atomic E-state index is 13.6. The molecule has 0 atom stereocenters. The van der Waals surface area contributed by atoms with E-state index >= 15 is 0 Å². The average Bonchev–Trinajstić information content (AvgIpc) is 2.70. The lowest BCUT2D eigenvalue weighted by atomic mass is 10.2. The van der Waals surface area contributed by atoms with E-state index in [0.717, 1.165) is 11.1 Å². The number of benzene rings is 3. The Morgan fingerprint density at radius 1 is 0.857 bits per heavy atom. The van der Waals surface area contributed by atoms with Crippen LogP contribution >= 0.6 is 11.6 Å². The highest BCUT2D eigenvalue weighted by Crippen LogP contribution is 2.31. The molecule has 3 aromatic rings. The molecule has 0 bridgehead atoms. The largest absolute Gasteiger partial charge is 0.492 e. The van der Waals surface area contributed by atoms with Crippen molar-refractivity contribution in [2.45, 2.75) is 24.9 Å². The molecule has 0 radical (unpaired) electrons. The lowest BCUT2D eigenvalue weighted by Gasteiger charge is -2.24. The van der Waals surface area contributed by atoms with Crippen molar-refractivity contribution in [2.75, 3.05) is 6.61 Å². The van der Waals surface area contributed by atoms with Crippen LogP contribution in [0.3, 0.4) is 0 Å². The summed E-state index contributed by atoms with van der Waals surface area (Å²) in [6.45, 7) is 2.67. The summed E-state index contributed by atoms with van der Waals surface area (Å²) >= 11 is 6.11. The molecule has 3 rings (SSSR count). The molecular weight excluding hydrogens is 394 g/mol. The van der Waals surface area contributed by atoms with E-state index in [1.165, 1.54) is 10.4 Å². The van der Waals surface area contributed by atoms with E-state index in [-0.39, 0.29) is 18.0 Å². The Morgan fingerprint density at radius 3 is 1.89 bits per heavy atom. The van der Waals surface area contributed by atoms with Gasteiger partial charge in [-0.1, -0.05) is 72.3 Å². The van der Waals surface area contributed by atoms with Crippen molar-refractivity contribution in [3.05, 3.63) is 95.0 Å². The van der Waals surface area contributed by atoms with E-state index in [2.05, 4.69) is 0 Å². The molecule has 0 aromatic heterocycles. The van der Waals surface area contributed by atoms with Crippen molar-refractivity contribution >= 4 is 21.6 Å². The van der Waals surface area contributed by atoms with Crippen molar-refractivity contribution in [3.63, 3.8) is 0 Å². The lowest BCUT2D eigenvalue weighted by Crippen LogP contribution is -2.30. The van der Waals surface area contributed by atoms with E-state index in [4.69, 9.17) is 16.3 Å². The highest BCUT2D eigenvalue weighted by atomic mass is 35.5. The zero-order valence-electron chi connectivity index (χ0n) is 15.6. The number of rotatable bonds is 8. The first-order chi connectivity index (χ1) is 13.5. The van der Waals surface area contributed by atoms with Crippen LogP contribution in [0.4, 0.5) is 0 Å². The summed E-state index contributed by atoms with van der Waals surface area (Å²) in [4.78, 5) is 0.0775. The molecule has 0 fully saturated rings. The molecule has 0 aliphatic rings. The van der Waals surface area contributed by atoms with Crippen LogP contribution in [-0.2, 0) is 23.1 Å². The van der Waals surface area contributed by atoms with E-state index in [9.17, 15) is 8.42 Å². The Balaban J connectivity index is 2.04. The van der Waals surface area contributed by atoms with Crippen LogP contribution in [0, 0.1) is 0 Å². The van der Waals surface area contributed by atoms with Crippen LogP contribution in [0.15, 0.2) is 83.8 Å². The van der Waals surface area contributed by atoms with Gasteiger partial charge in [-0.25, -0.2) is 8.42 Å². The fraction of sp³-hybridized carbons (Fsp3) is 0.182. The third-order valence-corrected chi connectivity index (χ3v) is 6.27.